The number of ether oxygens (including phenoxy) is 1. The van der Waals surface area contributed by atoms with Gasteiger partial charge in [-0.1, -0.05) is 42.5 Å². The molecule has 25 heavy (non-hydrogen) atoms. The van der Waals surface area contributed by atoms with Gasteiger partial charge in [0.25, 0.3) is 0 Å². The molecule has 0 aromatic heterocycles. The maximum atomic E-state index is 11.5. The molecule has 4 heteroatoms. The number of benzene rings is 2. The Kier molecular flexibility index (Phi) is 6.07. The Labute approximate surface area is 149 Å². The van der Waals surface area contributed by atoms with E-state index in [1.807, 2.05) is 18.2 Å². The highest BCUT2D eigenvalue weighted by atomic mass is 16.5. The van der Waals surface area contributed by atoms with E-state index in [2.05, 4.69) is 46.6 Å². The lowest BCUT2D eigenvalue weighted by Crippen LogP contribution is -2.52. The van der Waals surface area contributed by atoms with E-state index in [0.717, 1.165) is 44.8 Å². The summed E-state index contributed by atoms with van der Waals surface area (Å²) in [5, 5.41) is 2.71. The lowest BCUT2D eigenvalue weighted by atomic mass is 9.98. The summed E-state index contributed by atoms with van der Waals surface area (Å²) in [5.74, 6) is 1.22. The van der Waals surface area contributed by atoms with Gasteiger partial charge in [0.15, 0.2) is 0 Å². The third-order valence-corrected chi connectivity index (χ3v) is 4.63. The maximum absolute atomic E-state index is 11.5. The fourth-order valence-electron chi connectivity index (χ4n) is 3.13. The molecule has 0 spiro atoms. The Morgan fingerprint density at radius 1 is 1.08 bits per heavy atom. The van der Waals surface area contributed by atoms with Gasteiger partial charge in [-0.15, -0.1) is 0 Å². The molecule has 1 N–H and O–H groups in total. The molecule has 1 saturated heterocycles. The molecule has 1 amide bonds. The van der Waals surface area contributed by atoms with Crippen LogP contribution in [0.4, 0.5) is 0 Å². The third-order valence-electron chi connectivity index (χ3n) is 4.63. The molecule has 1 fully saturated rings. The molecule has 1 heterocycles. The second-order valence-corrected chi connectivity index (χ2v) is 6.59. The summed E-state index contributed by atoms with van der Waals surface area (Å²) in [6, 6.07) is 18.8. The van der Waals surface area contributed by atoms with Gasteiger partial charge in [0, 0.05) is 26.7 Å². The van der Waals surface area contributed by atoms with Crippen molar-refractivity contribution in [1.82, 2.24) is 10.2 Å². The van der Waals surface area contributed by atoms with Gasteiger partial charge in [0.05, 0.1) is 12.5 Å². The normalized spacial score (nSPS) is 14.8. The number of carbonyl (C=O) groups is 1. The molecular formula is C21H26N2O2. The number of hydrogen-bond acceptors (Lipinski definition) is 3. The molecule has 0 radical (unpaired) electrons. The Balaban J connectivity index is 1.36. The van der Waals surface area contributed by atoms with Crippen molar-refractivity contribution in [2.45, 2.75) is 19.4 Å². The second kappa shape index (κ2) is 8.67. The van der Waals surface area contributed by atoms with Crippen LogP contribution in [0.15, 0.2) is 54.6 Å². The van der Waals surface area contributed by atoms with Crippen LogP contribution in [0.2, 0.25) is 0 Å². The first-order valence-electron chi connectivity index (χ1n) is 8.94. The van der Waals surface area contributed by atoms with Gasteiger partial charge in [0.1, 0.15) is 5.75 Å². The van der Waals surface area contributed by atoms with Crippen molar-refractivity contribution >= 4 is 5.91 Å². The topological polar surface area (TPSA) is 41.6 Å². The summed E-state index contributed by atoms with van der Waals surface area (Å²) in [6.07, 6.45) is 2.06. The van der Waals surface area contributed by atoms with E-state index in [1.54, 1.807) is 7.05 Å². The molecule has 2 aromatic rings. The number of amides is 1. The molecule has 1 aliphatic heterocycles. The van der Waals surface area contributed by atoms with Crippen LogP contribution in [0.1, 0.15) is 17.5 Å². The smallest absolute Gasteiger partial charge is 0.225 e. The number of aryl methyl sites for hydroxylation is 1. The minimum atomic E-state index is 0.149. The fourth-order valence-corrected chi connectivity index (χ4v) is 3.13. The minimum absolute atomic E-state index is 0.149. The highest BCUT2D eigenvalue weighted by molar-refractivity contribution is 5.79. The average Bonchev–Trinajstić information content (AvgIpc) is 2.63. The zero-order chi connectivity index (χ0) is 17.5. The summed E-state index contributed by atoms with van der Waals surface area (Å²) in [7, 11) is 1.70. The molecule has 3 rings (SSSR count). The van der Waals surface area contributed by atoms with Crippen LogP contribution in [-0.2, 0) is 17.8 Å². The van der Waals surface area contributed by atoms with Gasteiger partial charge < -0.3 is 10.1 Å². The van der Waals surface area contributed by atoms with Crippen molar-refractivity contribution in [3.05, 3.63) is 65.7 Å². The fraction of sp³-hybridized carbons (Fsp3) is 0.381. The summed E-state index contributed by atoms with van der Waals surface area (Å²) in [5.41, 5.74) is 2.61. The Hall–Kier alpha value is -2.33. The predicted molar refractivity (Wildman–Crippen MR) is 99.5 cm³/mol. The predicted octanol–water partition coefficient (Wildman–Crippen LogP) is 2.88. The zero-order valence-corrected chi connectivity index (χ0v) is 14.8. The van der Waals surface area contributed by atoms with Crippen molar-refractivity contribution < 1.29 is 9.53 Å². The molecule has 1 aliphatic rings. The highest BCUT2D eigenvalue weighted by Crippen LogP contribution is 2.20. The van der Waals surface area contributed by atoms with Gasteiger partial charge in [0.2, 0.25) is 5.91 Å². The van der Waals surface area contributed by atoms with Crippen LogP contribution in [0.3, 0.4) is 0 Å². The summed E-state index contributed by atoms with van der Waals surface area (Å²) in [6.45, 7) is 3.31. The van der Waals surface area contributed by atoms with E-state index in [0.29, 0.717) is 0 Å². The van der Waals surface area contributed by atoms with Crippen LogP contribution < -0.4 is 10.1 Å². The van der Waals surface area contributed by atoms with Crippen molar-refractivity contribution in [3.63, 3.8) is 0 Å². The van der Waals surface area contributed by atoms with Crippen LogP contribution in [0.5, 0.6) is 5.75 Å². The van der Waals surface area contributed by atoms with Crippen molar-refractivity contribution in [2.24, 2.45) is 5.92 Å². The molecule has 0 bridgehead atoms. The minimum Gasteiger partial charge on any atom is -0.494 e. The van der Waals surface area contributed by atoms with Crippen molar-refractivity contribution in [2.75, 3.05) is 26.7 Å². The third kappa shape index (κ3) is 5.07. The Morgan fingerprint density at radius 2 is 1.80 bits per heavy atom. The first-order chi connectivity index (χ1) is 12.2. The SMILES string of the molecule is CNC(=O)C1CN(Cc2ccc(OCCCc3ccccc3)cc2)C1. The van der Waals surface area contributed by atoms with E-state index >= 15 is 0 Å². The molecule has 0 saturated carbocycles. The number of rotatable bonds is 8. The second-order valence-electron chi connectivity index (χ2n) is 6.59. The van der Waals surface area contributed by atoms with Crippen molar-refractivity contribution in [3.8, 4) is 5.75 Å². The maximum Gasteiger partial charge on any atom is 0.225 e. The molecular weight excluding hydrogens is 312 g/mol. The standard InChI is InChI=1S/C21H26N2O2/c1-22-21(24)19-15-23(16-19)14-18-9-11-20(12-10-18)25-13-5-8-17-6-3-2-4-7-17/h2-4,6-7,9-12,19H,5,8,13-16H2,1H3,(H,22,24). The molecule has 0 unspecified atom stereocenters. The zero-order valence-electron chi connectivity index (χ0n) is 14.8. The largest absolute Gasteiger partial charge is 0.494 e. The average molecular weight is 338 g/mol. The first kappa shape index (κ1) is 17.5. The van der Waals surface area contributed by atoms with Gasteiger partial charge in [-0.3, -0.25) is 9.69 Å². The molecule has 0 atom stereocenters. The number of hydrogen-bond donors (Lipinski definition) is 1. The Morgan fingerprint density at radius 3 is 2.48 bits per heavy atom. The van der Waals surface area contributed by atoms with E-state index < -0.39 is 0 Å². The van der Waals surface area contributed by atoms with Crippen molar-refractivity contribution in [1.29, 1.82) is 0 Å². The van der Waals surface area contributed by atoms with E-state index in [1.165, 1.54) is 11.1 Å². The lowest BCUT2D eigenvalue weighted by Gasteiger charge is -2.38. The number of nitrogens with zero attached hydrogens (tertiary/aromatic N) is 1. The summed E-state index contributed by atoms with van der Waals surface area (Å²) in [4.78, 5) is 13.8. The number of likely N-dealkylation sites (tertiary alicyclic amines) is 1. The first-order valence-corrected chi connectivity index (χ1v) is 8.94. The van der Waals surface area contributed by atoms with Gasteiger partial charge in [-0.25, -0.2) is 0 Å². The van der Waals surface area contributed by atoms with Gasteiger partial charge >= 0.3 is 0 Å². The Bertz CT molecular complexity index is 664. The number of nitrogens with one attached hydrogen (secondary N) is 1. The van der Waals surface area contributed by atoms with Crippen LogP contribution in [0.25, 0.3) is 0 Å². The summed E-state index contributed by atoms with van der Waals surface area (Å²) >= 11 is 0. The molecule has 2 aromatic carbocycles. The number of carbonyl (C=O) groups excluding carboxylic acids is 1. The summed E-state index contributed by atoms with van der Waals surface area (Å²) < 4.78 is 5.82. The van der Waals surface area contributed by atoms with Crippen LogP contribution >= 0.6 is 0 Å². The van der Waals surface area contributed by atoms with E-state index in [4.69, 9.17) is 4.74 Å². The quantitative estimate of drug-likeness (QED) is 0.753. The van der Waals surface area contributed by atoms with Gasteiger partial charge in [-0.2, -0.15) is 0 Å². The van der Waals surface area contributed by atoms with Crippen LogP contribution in [-0.4, -0.2) is 37.6 Å². The lowest BCUT2D eigenvalue weighted by molar-refractivity contribution is -0.129. The molecule has 132 valence electrons. The van der Waals surface area contributed by atoms with E-state index in [9.17, 15) is 4.79 Å². The van der Waals surface area contributed by atoms with Crippen LogP contribution in [0, 0.1) is 5.92 Å². The monoisotopic (exact) mass is 338 g/mol. The van der Waals surface area contributed by atoms with Gasteiger partial charge in [-0.05, 0) is 36.1 Å². The molecule has 0 aliphatic carbocycles. The highest BCUT2D eigenvalue weighted by Gasteiger charge is 2.31. The molecule has 4 nitrogen and oxygen atoms in total. The van der Waals surface area contributed by atoms with E-state index in [-0.39, 0.29) is 11.8 Å².